The fourth-order valence-corrected chi connectivity index (χ4v) is 3.06. The zero-order valence-corrected chi connectivity index (χ0v) is 13.2. The van der Waals surface area contributed by atoms with Gasteiger partial charge in [0.25, 0.3) is 0 Å². The number of hydrogen-bond donors (Lipinski definition) is 1. The summed E-state index contributed by atoms with van der Waals surface area (Å²) in [4.78, 5) is 4.57. The SMILES string of the molecule is Cc1ccn(-c2ccccc2CNc2nc(C3CC3)ns2)n1. The van der Waals surface area contributed by atoms with Crippen molar-refractivity contribution in [2.75, 3.05) is 5.32 Å². The Morgan fingerprint density at radius 2 is 2.14 bits per heavy atom. The van der Waals surface area contributed by atoms with Crippen molar-refractivity contribution in [1.82, 2.24) is 19.1 Å². The van der Waals surface area contributed by atoms with Gasteiger partial charge in [0.15, 0.2) is 0 Å². The second kappa shape index (κ2) is 5.53. The van der Waals surface area contributed by atoms with E-state index in [-0.39, 0.29) is 0 Å². The maximum Gasteiger partial charge on any atom is 0.202 e. The highest BCUT2D eigenvalue weighted by molar-refractivity contribution is 7.09. The summed E-state index contributed by atoms with van der Waals surface area (Å²) in [5.41, 5.74) is 3.30. The molecular weight excluding hydrogens is 294 g/mol. The van der Waals surface area contributed by atoms with Gasteiger partial charge < -0.3 is 5.32 Å². The Balaban J connectivity index is 1.52. The Kier molecular flexibility index (Phi) is 3.38. The molecule has 0 spiro atoms. The van der Waals surface area contributed by atoms with Crippen molar-refractivity contribution < 1.29 is 0 Å². The lowest BCUT2D eigenvalue weighted by molar-refractivity contribution is 0.848. The average molecular weight is 311 g/mol. The molecule has 0 amide bonds. The lowest BCUT2D eigenvalue weighted by atomic mass is 10.2. The van der Waals surface area contributed by atoms with Gasteiger partial charge >= 0.3 is 0 Å². The lowest BCUT2D eigenvalue weighted by Crippen LogP contribution is -2.05. The van der Waals surface area contributed by atoms with E-state index in [0.29, 0.717) is 12.5 Å². The Bertz CT molecular complexity index is 787. The molecule has 0 atom stereocenters. The molecule has 6 heteroatoms. The smallest absolute Gasteiger partial charge is 0.202 e. The molecule has 3 aromatic rings. The molecule has 2 aromatic heterocycles. The van der Waals surface area contributed by atoms with Crippen LogP contribution >= 0.6 is 11.5 Å². The van der Waals surface area contributed by atoms with Crippen molar-refractivity contribution >= 4 is 16.7 Å². The molecule has 1 N–H and O–H groups in total. The van der Waals surface area contributed by atoms with E-state index in [1.165, 1.54) is 29.9 Å². The molecule has 22 heavy (non-hydrogen) atoms. The van der Waals surface area contributed by atoms with E-state index in [4.69, 9.17) is 0 Å². The van der Waals surface area contributed by atoms with Gasteiger partial charge in [-0.25, -0.2) is 9.67 Å². The minimum atomic E-state index is 0.603. The van der Waals surface area contributed by atoms with Gasteiger partial charge in [-0.1, -0.05) is 18.2 Å². The predicted octanol–water partition coefficient (Wildman–Crippen LogP) is 3.52. The second-order valence-corrected chi connectivity index (χ2v) is 6.37. The molecule has 1 aliphatic rings. The van der Waals surface area contributed by atoms with Crippen molar-refractivity contribution in [1.29, 1.82) is 0 Å². The molecule has 0 aliphatic heterocycles. The topological polar surface area (TPSA) is 55.6 Å². The lowest BCUT2D eigenvalue weighted by Gasteiger charge is -2.09. The minimum Gasteiger partial charge on any atom is -0.356 e. The fraction of sp³-hybridized carbons (Fsp3) is 0.312. The number of anilines is 1. The van der Waals surface area contributed by atoms with Crippen LogP contribution in [-0.4, -0.2) is 19.1 Å². The van der Waals surface area contributed by atoms with Gasteiger partial charge in [0, 0.05) is 30.2 Å². The van der Waals surface area contributed by atoms with Gasteiger partial charge in [-0.05, 0) is 37.5 Å². The summed E-state index contributed by atoms with van der Waals surface area (Å²) in [6.45, 7) is 2.71. The van der Waals surface area contributed by atoms with Crippen molar-refractivity contribution in [3.05, 3.63) is 53.6 Å². The van der Waals surface area contributed by atoms with E-state index in [1.54, 1.807) is 0 Å². The van der Waals surface area contributed by atoms with Crippen LogP contribution in [0.4, 0.5) is 5.13 Å². The van der Waals surface area contributed by atoms with Gasteiger partial charge in [0.2, 0.25) is 5.13 Å². The highest BCUT2D eigenvalue weighted by Crippen LogP contribution is 2.39. The first-order valence-electron chi connectivity index (χ1n) is 7.47. The molecule has 4 rings (SSSR count). The summed E-state index contributed by atoms with van der Waals surface area (Å²) in [6, 6.07) is 10.3. The number of nitrogens with zero attached hydrogens (tertiary/aromatic N) is 4. The summed E-state index contributed by atoms with van der Waals surface area (Å²) in [7, 11) is 0. The average Bonchev–Trinajstić information content (AvgIpc) is 3.12. The van der Waals surface area contributed by atoms with Crippen LogP contribution in [-0.2, 0) is 6.54 Å². The fourth-order valence-electron chi connectivity index (χ4n) is 2.42. The van der Waals surface area contributed by atoms with Crippen LogP contribution in [0.25, 0.3) is 5.69 Å². The van der Waals surface area contributed by atoms with Gasteiger partial charge in [-0.2, -0.15) is 9.47 Å². The number of benzene rings is 1. The first-order valence-corrected chi connectivity index (χ1v) is 8.25. The summed E-state index contributed by atoms with van der Waals surface area (Å²) in [5.74, 6) is 1.61. The normalized spacial score (nSPS) is 14.2. The molecule has 0 saturated heterocycles. The zero-order chi connectivity index (χ0) is 14.9. The van der Waals surface area contributed by atoms with Crippen LogP contribution in [0, 0.1) is 6.92 Å². The third-order valence-corrected chi connectivity index (χ3v) is 4.46. The quantitative estimate of drug-likeness (QED) is 0.783. The second-order valence-electron chi connectivity index (χ2n) is 5.62. The molecule has 112 valence electrons. The predicted molar refractivity (Wildman–Crippen MR) is 87.5 cm³/mol. The molecule has 1 fully saturated rings. The number of para-hydroxylation sites is 1. The first kappa shape index (κ1) is 13.5. The summed E-state index contributed by atoms with van der Waals surface area (Å²) >= 11 is 1.45. The Labute approximate surface area is 133 Å². The van der Waals surface area contributed by atoms with Crippen molar-refractivity contribution in [3.8, 4) is 5.69 Å². The van der Waals surface area contributed by atoms with Crippen LogP contribution in [0.3, 0.4) is 0 Å². The highest BCUT2D eigenvalue weighted by Gasteiger charge is 2.27. The molecular formula is C16H17N5S. The Hall–Kier alpha value is -2.21. The van der Waals surface area contributed by atoms with Gasteiger partial charge in [0.05, 0.1) is 11.4 Å². The molecule has 0 radical (unpaired) electrons. The largest absolute Gasteiger partial charge is 0.356 e. The summed E-state index contributed by atoms with van der Waals surface area (Å²) < 4.78 is 6.34. The van der Waals surface area contributed by atoms with Crippen LogP contribution in [0.5, 0.6) is 0 Å². The monoisotopic (exact) mass is 311 g/mol. The van der Waals surface area contributed by atoms with E-state index < -0.39 is 0 Å². The number of aromatic nitrogens is 4. The number of nitrogens with one attached hydrogen (secondary N) is 1. The number of aryl methyl sites for hydroxylation is 1. The van der Waals surface area contributed by atoms with E-state index in [2.05, 4.69) is 31.9 Å². The highest BCUT2D eigenvalue weighted by atomic mass is 32.1. The standard InChI is InChI=1S/C16H17N5S/c1-11-8-9-21(19-11)14-5-3-2-4-13(14)10-17-16-18-15(20-22-16)12-6-7-12/h2-5,8-9,12H,6-7,10H2,1H3,(H,17,18,20). The molecule has 5 nitrogen and oxygen atoms in total. The minimum absolute atomic E-state index is 0.603. The van der Waals surface area contributed by atoms with Gasteiger partial charge in [-0.3, -0.25) is 0 Å². The molecule has 0 unspecified atom stereocenters. The van der Waals surface area contributed by atoms with Crippen LogP contribution in [0.1, 0.15) is 35.8 Å². The Morgan fingerprint density at radius 3 is 2.91 bits per heavy atom. The maximum atomic E-state index is 4.57. The molecule has 1 saturated carbocycles. The summed E-state index contributed by atoms with van der Waals surface area (Å²) in [6.07, 6.45) is 4.46. The number of rotatable bonds is 5. The first-order chi connectivity index (χ1) is 10.8. The van der Waals surface area contributed by atoms with Crippen LogP contribution < -0.4 is 5.32 Å². The third-order valence-electron chi connectivity index (χ3n) is 3.78. The Morgan fingerprint density at radius 1 is 1.27 bits per heavy atom. The van der Waals surface area contributed by atoms with E-state index in [1.807, 2.05) is 36.0 Å². The van der Waals surface area contributed by atoms with Crippen molar-refractivity contribution in [2.45, 2.75) is 32.2 Å². The van der Waals surface area contributed by atoms with E-state index in [9.17, 15) is 0 Å². The molecule has 1 aromatic carbocycles. The van der Waals surface area contributed by atoms with Crippen molar-refractivity contribution in [2.24, 2.45) is 0 Å². The van der Waals surface area contributed by atoms with Gasteiger partial charge in [0.1, 0.15) is 5.82 Å². The molecule has 2 heterocycles. The maximum absolute atomic E-state index is 4.57. The number of hydrogen-bond acceptors (Lipinski definition) is 5. The third kappa shape index (κ3) is 2.74. The molecule has 0 bridgehead atoms. The van der Waals surface area contributed by atoms with E-state index in [0.717, 1.165) is 22.3 Å². The van der Waals surface area contributed by atoms with Crippen LogP contribution in [0.2, 0.25) is 0 Å². The van der Waals surface area contributed by atoms with E-state index >= 15 is 0 Å². The summed E-state index contributed by atoms with van der Waals surface area (Å²) in [5, 5.41) is 8.78. The van der Waals surface area contributed by atoms with Crippen LogP contribution in [0.15, 0.2) is 36.5 Å². The van der Waals surface area contributed by atoms with Crippen molar-refractivity contribution in [3.63, 3.8) is 0 Å². The molecule has 1 aliphatic carbocycles. The van der Waals surface area contributed by atoms with Gasteiger partial charge in [-0.15, -0.1) is 0 Å². The zero-order valence-electron chi connectivity index (χ0n) is 12.4.